The standard InChI is InChI=1S/C18H20N2OS/c1-12-11-20(9-8-19-12)18(21)16-10-14-7-6-13-4-2-3-5-15(13)17(14)22-16/h2-5,10,12,19H,6-9,11H2,1H3. The first-order valence-corrected chi connectivity index (χ1v) is 8.77. The molecule has 0 bridgehead atoms. The van der Waals surface area contributed by atoms with Gasteiger partial charge >= 0.3 is 0 Å². The number of fused-ring (bicyclic) bond motifs is 3. The Morgan fingerprint density at radius 2 is 2.09 bits per heavy atom. The zero-order valence-electron chi connectivity index (χ0n) is 12.8. The van der Waals surface area contributed by atoms with E-state index in [1.807, 2.05) is 4.90 Å². The zero-order chi connectivity index (χ0) is 15.1. The molecule has 114 valence electrons. The van der Waals surface area contributed by atoms with Crippen molar-refractivity contribution in [2.45, 2.75) is 25.8 Å². The highest BCUT2D eigenvalue weighted by Crippen LogP contribution is 2.39. The Bertz CT molecular complexity index is 722. The van der Waals surface area contributed by atoms with Gasteiger partial charge in [0.15, 0.2) is 0 Å². The molecular formula is C18H20N2OS. The van der Waals surface area contributed by atoms with Crippen molar-refractivity contribution in [2.75, 3.05) is 19.6 Å². The Morgan fingerprint density at radius 1 is 1.27 bits per heavy atom. The summed E-state index contributed by atoms with van der Waals surface area (Å²) in [5, 5.41) is 3.39. The summed E-state index contributed by atoms with van der Waals surface area (Å²) in [4.78, 5) is 17.0. The maximum absolute atomic E-state index is 12.8. The van der Waals surface area contributed by atoms with Gasteiger partial charge in [0, 0.05) is 30.6 Å². The molecule has 1 aliphatic carbocycles. The molecule has 2 aromatic rings. The van der Waals surface area contributed by atoms with Crippen LogP contribution in [-0.4, -0.2) is 36.5 Å². The van der Waals surface area contributed by atoms with Gasteiger partial charge in [0.25, 0.3) is 5.91 Å². The molecule has 4 heteroatoms. The monoisotopic (exact) mass is 312 g/mol. The van der Waals surface area contributed by atoms with Crippen molar-refractivity contribution in [1.82, 2.24) is 10.2 Å². The molecule has 3 nitrogen and oxygen atoms in total. The highest BCUT2D eigenvalue weighted by molar-refractivity contribution is 7.17. The summed E-state index contributed by atoms with van der Waals surface area (Å²) in [6.45, 7) is 4.64. The van der Waals surface area contributed by atoms with Crippen molar-refractivity contribution in [3.05, 3.63) is 46.3 Å². The van der Waals surface area contributed by atoms with Gasteiger partial charge in [-0.15, -0.1) is 11.3 Å². The minimum atomic E-state index is 0.199. The fourth-order valence-electron chi connectivity index (χ4n) is 3.45. The van der Waals surface area contributed by atoms with Crippen LogP contribution in [0.15, 0.2) is 30.3 Å². The number of rotatable bonds is 1. The lowest BCUT2D eigenvalue weighted by molar-refractivity contribution is 0.0714. The van der Waals surface area contributed by atoms with Gasteiger partial charge in [-0.25, -0.2) is 0 Å². The lowest BCUT2D eigenvalue weighted by atomic mass is 9.91. The predicted molar refractivity (Wildman–Crippen MR) is 90.5 cm³/mol. The molecule has 1 unspecified atom stereocenters. The van der Waals surface area contributed by atoms with Gasteiger partial charge in [0.05, 0.1) is 4.88 Å². The molecule has 2 heterocycles. The smallest absolute Gasteiger partial charge is 0.264 e. The fourth-order valence-corrected chi connectivity index (χ4v) is 4.69. The first kappa shape index (κ1) is 14.0. The number of thiophene rings is 1. The van der Waals surface area contributed by atoms with Crippen LogP contribution < -0.4 is 5.32 Å². The van der Waals surface area contributed by atoms with E-state index in [0.717, 1.165) is 37.4 Å². The van der Waals surface area contributed by atoms with Crippen LogP contribution in [0, 0.1) is 0 Å². The number of hydrogen-bond acceptors (Lipinski definition) is 3. The van der Waals surface area contributed by atoms with Gasteiger partial charge in [-0.1, -0.05) is 24.3 Å². The van der Waals surface area contributed by atoms with Crippen LogP contribution in [0.3, 0.4) is 0 Å². The fraction of sp³-hybridized carbons (Fsp3) is 0.389. The lowest BCUT2D eigenvalue weighted by Gasteiger charge is -2.31. The molecule has 1 aromatic heterocycles. The predicted octanol–water partition coefficient (Wildman–Crippen LogP) is 2.95. The van der Waals surface area contributed by atoms with Gasteiger partial charge in [0.1, 0.15) is 0 Å². The Hall–Kier alpha value is -1.65. The van der Waals surface area contributed by atoms with E-state index in [4.69, 9.17) is 0 Å². The molecule has 1 fully saturated rings. The highest BCUT2D eigenvalue weighted by Gasteiger charge is 2.26. The molecule has 0 radical (unpaired) electrons. The summed E-state index contributed by atoms with van der Waals surface area (Å²) >= 11 is 1.67. The minimum absolute atomic E-state index is 0.199. The van der Waals surface area contributed by atoms with Gasteiger partial charge in [-0.3, -0.25) is 4.79 Å². The molecule has 4 rings (SSSR count). The minimum Gasteiger partial charge on any atom is -0.335 e. The van der Waals surface area contributed by atoms with Crippen molar-refractivity contribution in [3.8, 4) is 10.4 Å². The third-order valence-electron chi connectivity index (χ3n) is 4.60. The molecule has 1 aromatic carbocycles. The quantitative estimate of drug-likeness (QED) is 0.878. The largest absolute Gasteiger partial charge is 0.335 e. The van der Waals surface area contributed by atoms with Crippen LogP contribution in [0.2, 0.25) is 0 Å². The van der Waals surface area contributed by atoms with Gasteiger partial charge in [-0.05, 0) is 42.5 Å². The van der Waals surface area contributed by atoms with Crippen LogP contribution in [-0.2, 0) is 12.8 Å². The Labute approximate surface area is 135 Å². The summed E-state index contributed by atoms with van der Waals surface area (Å²) in [6, 6.07) is 11.1. The maximum atomic E-state index is 12.8. The summed E-state index contributed by atoms with van der Waals surface area (Å²) in [5.41, 5.74) is 4.07. The Balaban J connectivity index is 1.66. The summed E-state index contributed by atoms with van der Waals surface area (Å²) in [6.07, 6.45) is 2.13. The number of amides is 1. The second-order valence-electron chi connectivity index (χ2n) is 6.23. The second-order valence-corrected chi connectivity index (χ2v) is 7.28. The summed E-state index contributed by atoms with van der Waals surface area (Å²) in [7, 11) is 0. The Morgan fingerprint density at radius 3 is 2.95 bits per heavy atom. The van der Waals surface area contributed by atoms with E-state index < -0.39 is 0 Å². The van der Waals surface area contributed by atoms with E-state index in [9.17, 15) is 4.79 Å². The van der Waals surface area contributed by atoms with E-state index in [-0.39, 0.29) is 5.91 Å². The third-order valence-corrected chi connectivity index (χ3v) is 5.80. The van der Waals surface area contributed by atoms with Crippen molar-refractivity contribution >= 4 is 17.2 Å². The summed E-state index contributed by atoms with van der Waals surface area (Å²) in [5.74, 6) is 0.199. The van der Waals surface area contributed by atoms with E-state index >= 15 is 0 Å². The number of piperazine rings is 1. The molecule has 1 amide bonds. The van der Waals surface area contributed by atoms with Gasteiger partial charge < -0.3 is 10.2 Å². The van der Waals surface area contributed by atoms with E-state index in [2.05, 4.69) is 42.6 Å². The first-order valence-electron chi connectivity index (χ1n) is 7.96. The van der Waals surface area contributed by atoms with Crippen LogP contribution >= 0.6 is 11.3 Å². The SMILES string of the molecule is CC1CN(C(=O)c2cc3c(s2)-c2ccccc2CC3)CCN1. The van der Waals surface area contributed by atoms with Crippen LogP contribution in [0.4, 0.5) is 0 Å². The van der Waals surface area contributed by atoms with Crippen molar-refractivity contribution < 1.29 is 4.79 Å². The van der Waals surface area contributed by atoms with Crippen molar-refractivity contribution in [3.63, 3.8) is 0 Å². The lowest BCUT2D eigenvalue weighted by Crippen LogP contribution is -2.51. The van der Waals surface area contributed by atoms with Crippen molar-refractivity contribution in [1.29, 1.82) is 0 Å². The zero-order valence-corrected chi connectivity index (χ0v) is 13.6. The topological polar surface area (TPSA) is 32.3 Å². The van der Waals surface area contributed by atoms with Gasteiger partial charge in [0.2, 0.25) is 0 Å². The van der Waals surface area contributed by atoms with Crippen LogP contribution in [0.1, 0.15) is 27.7 Å². The second kappa shape index (κ2) is 5.52. The molecule has 1 N–H and O–H groups in total. The van der Waals surface area contributed by atoms with Gasteiger partial charge in [-0.2, -0.15) is 0 Å². The number of carbonyl (C=O) groups excluding carboxylic acids is 1. The molecule has 2 aliphatic rings. The molecule has 0 saturated carbocycles. The van der Waals surface area contributed by atoms with E-state index in [1.165, 1.54) is 21.6 Å². The number of hydrogen-bond donors (Lipinski definition) is 1. The normalized spacial score (nSPS) is 20.4. The first-order chi connectivity index (χ1) is 10.7. The number of aryl methyl sites for hydroxylation is 2. The van der Waals surface area contributed by atoms with Crippen LogP contribution in [0.5, 0.6) is 0 Å². The number of nitrogens with one attached hydrogen (secondary N) is 1. The number of nitrogens with zero attached hydrogens (tertiary/aromatic N) is 1. The highest BCUT2D eigenvalue weighted by atomic mass is 32.1. The number of benzene rings is 1. The molecule has 22 heavy (non-hydrogen) atoms. The molecular weight excluding hydrogens is 292 g/mol. The number of carbonyl (C=O) groups is 1. The molecule has 0 spiro atoms. The van der Waals surface area contributed by atoms with E-state index in [0.29, 0.717) is 6.04 Å². The van der Waals surface area contributed by atoms with Crippen LogP contribution in [0.25, 0.3) is 10.4 Å². The van der Waals surface area contributed by atoms with E-state index in [1.54, 1.807) is 11.3 Å². The maximum Gasteiger partial charge on any atom is 0.264 e. The average Bonchev–Trinajstić information content (AvgIpc) is 2.99. The Kier molecular flexibility index (Phi) is 3.51. The third kappa shape index (κ3) is 2.36. The average molecular weight is 312 g/mol. The summed E-state index contributed by atoms with van der Waals surface area (Å²) < 4.78 is 0. The molecule has 1 atom stereocenters. The molecule has 1 aliphatic heterocycles. The van der Waals surface area contributed by atoms with Crippen molar-refractivity contribution in [2.24, 2.45) is 0 Å². The molecule has 1 saturated heterocycles.